The number of anilines is 1. The standard InChI is InChI=1S/C19H19FN4O5S/c1-22(11-17(25)21-13-6-4-5-12(20)9-13)30(28,29)14-7-8-16-15(10-14)18(26)24(3)19(27)23(16)2/h4-10H,11H2,1-3H3,(H,21,25). The minimum absolute atomic E-state index is 0.0540. The number of carbonyl (C=O) groups excluding carboxylic acids is 1. The van der Waals surface area contributed by atoms with Crippen LogP contribution in [0.3, 0.4) is 0 Å². The number of rotatable bonds is 5. The number of carbonyl (C=O) groups is 1. The van der Waals surface area contributed by atoms with Crippen LogP contribution in [0.1, 0.15) is 0 Å². The Morgan fingerprint density at radius 3 is 2.47 bits per heavy atom. The fourth-order valence-corrected chi connectivity index (χ4v) is 4.12. The van der Waals surface area contributed by atoms with Gasteiger partial charge in [-0.3, -0.25) is 18.7 Å². The van der Waals surface area contributed by atoms with Gasteiger partial charge in [-0.05, 0) is 36.4 Å². The van der Waals surface area contributed by atoms with Gasteiger partial charge < -0.3 is 5.32 Å². The van der Waals surface area contributed by atoms with E-state index in [0.29, 0.717) is 0 Å². The number of hydrogen-bond acceptors (Lipinski definition) is 5. The second-order valence-electron chi connectivity index (χ2n) is 6.70. The minimum Gasteiger partial charge on any atom is -0.325 e. The van der Waals surface area contributed by atoms with Crippen LogP contribution in [-0.2, 0) is 28.9 Å². The van der Waals surface area contributed by atoms with Crippen LogP contribution in [0, 0.1) is 5.82 Å². The van der Waals surface area contributed by atoms with Crippen LogP contribution in [0.15, 0.2) is 56.9 Å². The molecule has 30 heavy (non-hydrogen) atoms. The van der Waals surface area contributed by atoms with Gasteiger partial charge in [-0.15, -0.1) is 0 Å². The van der Waals surface area contributed by atoms with Gasteiger partial charge in [-0.2, -0.15) is 4.31 Å². The molecule has 0 saturated heterocycles. The van der Waals surface area contributed by atoms with Crippen molar-refractivity contribution in [1.82, 2.24) is 13.4 Å². The summed E-state index contributed by atoms with van der Waals surface area (Å²) >= 11 is 0. The van der Waals surface area contributed by atoms with Crippen LogP contribution in [0.5, 0.6) is 0 Å². The van der Waals surface area contributed by atoms with Crippen molar-refractivity contribution in [3.05, 3.63) is 69.1 Å². The Morgan fingerprint density at radius 2 is 1.80 bits per heavy atom. The van der Waals surface area contributed by atoms with Crippen molar-refractivity contribution >= 4 is 32.5 Å². The lowest BCUT2D eigenvalue weighted by Gasteiger charge is -2.17. The van der Waals surface area contributed by atoms with E-state index in [2.05, 4.69) is 5.32 Å². The molecular weight excluding hydrogens is 415 g/mol. The van der Waals surface area contributed by atoms with Crippen molar-refractivity contribution in [2.45, 2.75) is 4.90 Å². The van der Waals surface area contributed by atoms with Crippen molar-refractivity contribution in [3.63, 3.8) is 0 Å². The Balaban J connectivity index is 1.90. The van der Waals surface area contributed by atoms with Crippen molar-refractivity contribution in [2.24, 2.45) is 14.1 Å². The summed E-state index contributed by atoms with van der Waals surface area (Å²) in [5.74, 6) is -1.20. The molecule has 0 fully saturated rings. The summed E-state index contributed by atoms with van der Waals surface area (Å²) in [4.78, 5) is 36.4. The first-order valence-electron chi connectivity index (χ1n) is 8.74. The number of aryl methyl sites for hydroxylation is 1. The first kappa shape index (κ1) is 21.4. The lowest BCUT2D eigenvalue weighted by Crippen LogP contribution is -2.37. The molecule has 1 N–H and O–H groups in total. The van der Waals surface area contributed by atoms with Crippen LogP contribution in [0.2, 0.25) is 0 Å². The molecule has 158 valence electrons. The summed E-state index contributed by atoms with van der Waals surface area (Å²) < 4.78 is 41.9. The van der Waals surface area contributed by atoms with Gasteiger partial charge in [-0.25, -0.2) is 17.6 Å². The number of nitrogens with zero attached hydrogens (tertiary/aromatic N) is 3. The Hall–Kier alpha value is -3.31. The maximum atomic E-state index is 13.2. The molecule has 1 heterocycles. The van der Waals surface area contributed by atoms with Gasteiger partial charge >= 0.3 is 5.69 Å². The summed E-state index contributed by atoms with van der Waals surface area (Å²) in [5.41, 5.74) is -0.680. The van der Waals surface area contributed by atoms with Gasteiger partial charge in [0.25, 0.3) is 5.56 Å². The van der Waals surface area contributed by atoms with Crippen molar-refractivity contribution < 1.29 is 17.6 Å². The van der Waals surface area contributed by atoms with E-state index in [1.165, 1.54) is 62.1 Å². The number of amides is 1. The monoisotopic (exact) mass is 434 g/mol. The fourth-order valence-electron chi connectivity index (χ4n) is 2.97. The molecule has 0 atom stereocenters. The molecule has 0 aliphatic carbocycles. The van der Waals surface area contributed by atoms with Crippen LogP contribution in [0.4, 0.5) is 10.1 Å². The van der Waals surface area contributed by atoms with Gasteiger partial charge in [-0.1, -0.05) is 6.07 Å². The smallest absolute Gasteiger partial charge is 0.325 e. The molecule has 0 aliphatic heterocycles. The number of hydrogen-bond donors (Lipinski definition) is 1. The SMILES string of the molecule is CN(CC(=O)Nc1cccc(F)c1)S(=O)(=O)c1ccc2c(c1)c(=O)n(C)c(=O)n2C. The molecule has 3 rings (SSSR count). The lowest BCUT2D eigenvalue weighted by atomic mass is 10.2. The summed E-state index contributed by atoms with van der Waals surface area (Å²) in [6.07, 6.45) is 0. The predicted octanol–water partition coefficient (Wildman–Crippen LogP) is 0.635. The predicted molar refractivity (Wildman–Crippen MR) is 109 cm³/mol. The van der Waals surface area contributed by atoms with Crippen LogP contribution >= 0.6 is 0 Å². The zero-order chi connectivity index (χ0) is 22.2. The van der Waals surface area contributed by atoms with Gasteiger partial charge in [0.2, 0.25) is 15.9 Å². The molecular formula is C19H19FN4O5S. The van der Waals surface area contributed by atoms with Gasteiger partial charge in [0.15, 0.2) is 0 Å². The third-order valence-corrected chi connectivity index (χ3v) is 6.42. The Labute approximate surface area is 171 Å². The highest BCUT2D eigenvalue weighted by molar-refractivity contribution is 7.89. The Bertz CT molecular complexity index is 1380. The van der Waals surface area contributed by atoms with Gasteiger partial charge in [0, 0.05) is 26.8 Å². The summed E-state index contributed by atoms with van der Waals surface area (Å²) in [6.45, 7) is -0.526. The normalized spacial score (nSPS) is 11.8. The van der Waals surface area contributed by atoms with E-state index in [4.69, 9.17) is 0 Å². The van der Waals surface area contributed by atoms with Crippen LogP contribution in [-0.4, -0.2) is 41.4 Å². The quantitative estimate of drug-likeness (QED) is 0.634. The number of benzene rings is 2. The molecule has 0 aliphatic rings. The van der Waals surface area contributed by atoms with Gasteiger partial charge in [0.05, 0.1) is 22.3 Å². The van der Waals surface area contributed by atoms with E-state index in [1.54, 1.807) is 0 Å². The molecule has 9 nitrogen and oxygen atoms in total. The summed E-state index contributed by atoms with van der Waals surface area (Å²) in [7, 11) is -0.131. The molecule has 3 aromatic rings. The van der Waals surface area contributed by atoms with Crippen molar-refractivity contribution in [1.29, 1.82) is 0 Å². The Kier molecular flexibility index (Phi) is 5.59. The van der Waals surface area contributed by atoms with Crippen LogP contribution in [0.25, 0.3) is 10.9 Å². The molecule has 0 spiro atoms. The van der Waals surface area contributed by atoms with E-state index in [-0.39, 0.29) is 21.5 Å². The molecule has 11 heteroatoms. The number of sulfonamides is 1. The molecule has 1 aromatic heterocycles. The maximum Gasteiger partial charge on any atom is 0.330 e. The molecule has 0 radical (unpaired) electrons. The number of aromatic nitrogens is 2. The first-order valence-corrected chi connectivity index (χ1v) is 10.2. The highest BCUT2D eigenvalue weighted by Gasteiger charge is 2.24. The van der Waals surface area contributed by atoms with E-state index in [9.17, 15) is 27.2 Å². The number of fused-ring (bicyclic) bond motifs is 1. The van der Waals surface area contributed by atoms with E-state index >= 15 is 0 Å². The number of nitrogens with one attached hydrogen (secondary N) is 1. The average molecular weight is 434 g/mol. The summed E-state index contributed by atoms with van der Waals surface area (Å²) in [5, 5.41) is 2.47. The second-order valence-corrected chi connectivity index (χ2v) is 8.75. The molecule has 0 unspecified atom stereocenters. The minimum atomic E-state index is -4.12. The zero-order valence-electron chi connectivity index (χ0n) is 16.4. The maximum absolute atomic E-state index is 13.2. The highest BCUT2D eigenvalue weighted by atomic mass is 32.2. The second kappa shape index (κ2) is 7.84. The first-order chi connectivity index (χ1) is 14.0. The third-order valence-electron chi connectivity index (χ3n) is 4.62. The average Bonchev–Trinajstić information content (AvgIpc) is 2.70. The molecule has 0 saturated carbocycles. The van der Waals surface area contributed by atoms with Gasteiger partial charge in [0.1, 0.15) is 5.82 Å². The largest absolute Gasteiger partial charge is 0.330 e. The Morgan fingerprint density at radius 1 is 1.10 bits per heavy atom. The fraction of sp³-hybridized carbons (Fsp3) is 0.211. The number of halogens is 1. The van der Waals surface area contributed by atoms with Crippen molar-refractivity contribution in [2.75, 3.05) is 18.9 Å². The van der Waals surface area contributed by atoms with Crippen molar-refractivity contribution in [3.8, 4) is 0 Å². The van der Waals surface area contributed by atoms with E-state index < -0.39 is 39.5 Å². The topological polar surface area (TPSA) is 110 Å². The molecule has 2 aromatic carbocycles. The van der Waals surface area contributed by atoms with E-state index in [0.717, 1.165) is 14.9 Å². The van der Waals surface area contributed by atoms with E-state index in [1.807, 2.05) is 0 Å². The lowest BCUT2D eigenvalue weighted by molar-refractivity contribution is -0.116. The summed E-state index contributed by atoms with van der Waals surface area (Å²) in [6, 6.07) is 9.01. The molecule has 1 amide bonds. The third kappa shape index (κ3) is 3.89. The highest BCUT2D eigenvalue weighted by Crippen LogP contribution is 2.19. The zero-order valence-corrected chi connectivity index (χ0v) is 17.2. The number of likely N-dealkylation sites (N-methyl/N-ethyl adjacent to an activating group) is 1. The molecule has 0 bridgehead atoms. The van der Waals surface area contributed by atoms with Crippen LogP contribution < -0.4 is 16.6 Å².